The van der Waals surface area contributed by atoms with Crippen molar-refractivity contribution in [3.8, 4) is 0 Å². The monoisotopic (exact) mass is 338 g/mol. The molecule has 0 unspecified atom stereocenters. The van der Waals surface area contributed by atoms with E-state index in [0.29, 0.717) is 18.5 Å². The van der Waals surface area contributed by atoms with Gasteiger partial charge in [0.15, 0.2) is 0 Å². The fourth-order valence-corrected chi connectivity index (χ4v) is 3.42. The standard InChI is InChI=1S/C20H22N2O3/c23-19(17-3-1-2-4-18(17)20(24)25)22-16-7-5-14(6-8-16)13-15-9-11-21-12-10-15/h5-12,17-18H,1-4,13H2,(H,22,23)(H,24,25)/t17-,18-/m0/s1. The summed E-state index contributed by atoms with van der Waals surface area (Å²) >= 11 is 0. The lowest BCUT2D eigenvalue weighted by atomic mass is 9.78. The normalized spacial score (nSPS) is 20.0. The third kappa shape index (κ3) is 4.44. The Morgan fingerprint density at radius 3 is 2.20 bits per heavy atom. The summed E-state index contributed by atoms with van der Waals surface area (Å²) in [4.78, 5) is 27.8. The predicted octanol–water partition coefficient (Wildman–Crippen LogP) is 3.50. The summed E-state index contributed by atoms with van der Waals surface area (Å²) in [5.41, 5.74) is 3.03. The molecule has 0 radical (unpaired) electrons. The number of hydrogen-bond acceptors (Lipinski definition) is 3. The van der Waals surface area contributed by atoms with E-state index in [1.807, 2.05) is 36.4 Å². The summed E-state index contributed by atoms with van der Waals surface area (Å²) in [5, 5.41) is 12.2. The summed E-state index contributed by atoms with van der Waals surface area (Å²) in [6, 6.07) is 11.6. The van der Waals surface area contributed by atoms with E-state index in [9.17, 15) is 14.7 Å². The third-order valence-electron chi connectivity index (χ3n) is 4.80. The second-order valence-corrected chi connectivity index (χ2v) is 6.55. The van der Waals surface area contributed by atoms with Crippen LogP contribution in [0.15, 0.2) is 48.8 Å². The van der Waals surface area contributed by atoms with Crippen LogP contribution in [0.25, 0.3) is 0 Å². The van der Waals surface area contributed by atoms with E-state index in [1.54, 1.807) is 12.4 Å². The molecule has 1 aromatic heterocycles. The molecule has 0 aliphatic heterocycles. The smallest absolute Gasteiger partial charge is 0.307 e. The van der Waals surface area contributed by atoms with Crippen LogP contribution in [0.4, 0.5) is 5.69 Å². The molecule has 2 aromatic rings. The zero-order chi connectivity index (χ0) is 17.6. The van der Waals surface area contributed by atoms with E-state index in [2.05, 4.69) is 10.3 Å². The maximum atomic E-state index is 12.5. The number of nitrogens with one attached hydrogen (secondary N) is 1. The lowest BCUT2D eigenvalue weighted by Gasteiger charge is -2.27. The van der Waals surface area contributed by atoms with E-state index in [0.717, 1.165) is 24.8 Å². The Morgan fingerprint density at radius 1 is 0.960 bits per heavy atom. The maximum absolute atomic E-state index is 12.5. The molecule has 5 heteroatoms. The van der Waals surface area contributed by atoms with Gasteiger partial charge in [-0.1, -0.05) is 25.0 Å². The average molecular weight is 338 g/mol. The second-order valence-electron chi connectivity index (χ2n) is 6.55. The number of pyridine rings is 1. The van der Waals surface area contributed by atoms with Crippen LogP contribution >= 0.6 is 0 Å². The Kier molecular flexibility index (Phi) is 5.43. The van der Waals surface area contributed by atoms with E-state index in [1.165, 1.54) is 5.56 Å². The van der Waals surface area contributed by atoms with Crippen molar-refractivity contribution in [2.75, 3.05) is 5.32 Å². The zero-order valence-electron chi connectivity index (χ0n) is 14.0. The Labute approximate surface area is 147 Å². The van der Waals surface area contributed by atoms with Gasteiger partial charge in [-0.3, -0.25) is 14.6 Å². The minimum Gasteiger partial charge on any atom is -0.481 e. The number of rotatable bonds is 5. The number of anilines is 1. The number of hydrogen-bond donors (Lipinski definition) is 2. The van der Waals surface area contributed by atoms with Crippen molar-refractivity contribution in [2.24, 2.45) is 11.8 Å². The van der Waals surface area contributed by atoms with Crippen LogP contribution in [0.3, 0.4) is 0 Å². The molecule has 0 saturated heterocycles. The molecule has 1 aromatic carbocycles. The molecule has 0 spiro atoms. The summed E-state index contributed by atoms with van der Waals surface area (Å²) in [6.07, 6.45) is 7.36. The van der Waals surface area contributed by atoms with Crippen LogP contribution in [-0.2, 0) is 16.0 Å². The second kappa shape index (κ2) is 7.92. The minimum atomic E-state index is -0.868. The van der Waals surface area contributed by atoms with Crippen LogP contribution in [0, 0.1) is 11.8 Å². The zero-order valence-corrected chi connectivity index (χ0v) is 14.0. The number of benzene rings is 1. The van der Waals surface area contributed by atoms with Gasteiger partial charge in [0, 0.05) is 18.1 Å². The van der Waals surface area contributed by atoms with Gasteiger partial charge in [0.25, 0.3) is 0 Å². The first-order valence-electron chi connectivity index (χ1n) is 8.65. The highest BCUT2D eigenvalue weighted by Gasteiger charge is 2.35. The third-order valence-corrected chi connectivity index (χ3v) is 4.80. The van der Waals surface area contributed by atoms with Crippen molar-refractivity contribution in [1.82, 2.24) is 4.98 Å². The van der Waals surface area contributed by atoms with Crippen LogP contribution in [0.1, 0.15) is 36.8 Å². The van der Waals surface area contributed by atoms with Crippen LogP contribution in [0.5, 0.6) is 0 Å². The van der Waals surface area contributed by atoms with Crippen molar-refractivity contribution in [3.63, 3.8) is 0 Å². The van der Waals surface area contributed by atoms with Crippen LogP contribution < -0.4 is 5.32 Å². The molecule has 130 valence electrons. The fraction of sp³-hybridized carbons (Fsp3) is 0.350. The molecule has 0 bridgehead atoms. The SMILES string of the molecule is O=C(O)[C@H]1CCCC[C@@H]1C(=O)Nc1ccc(Cc2ccncc2)cc1. The Morgan fingerprint density at radius 2 is 1.56 bits per heavy atom. The van der Waals surface area contributed by atoms with Crippen molar-refractivity contribution >= 4 is 17.6 Å². The Hall–Kier alpha value is -2.69. The first-order chi connectivity index (χ1) is 12.1. The van der Waals surface area contributed by atoms with Gasteiger partial charge in [-0.2, -0.15) is 0 Å². The number of carbonyl (C=O) groups excluding carboxylic acids is 1. The number of amides is 1. The molecular formula is C20H22N2O3. The molecule has 1 fully saturated rings. The first kappa shape index (κ1) is 17.1. The van der Waals surface area contributed by atoms with Crippen molar-refractivity contribution in [2.45, 2.75) is 32.1 Å². The predicted molar refractivity (Wildman–Crippen MR) is 95.2 cm³/mol. The summed E-state index contributed by atoms with van der Waals surface area (Å²) in [7, 11) is 0. The van der Waals surface area contributed by atoms with E-state index >= 15 is 0 Å². The Bertz CT molecular complexity index is 728. The van der Waals surface area contributed by atoms with Gasteiger partial charge in [0.2, 0.25) is 5.91 Å². The quantitative estimate of drug-likeness (QED) is 0.874. The number of carboxylic acid groups (broad SMARTS) is 1. The van der Waals surface area contributed by atoms with Crippen LogP contribution in [0.2, 0.25) is 0 Å². The Balaban J connectivity index is 1.62. The van der Waals surface area contributed by atoms with Crippen LogP contribution in [-0.4, -0.2) is 22.0 Å². The molecule has 1 amide bonds. The van der Waals surface area contributed by atoms with Crippen molar-refractivity contribution < 1.29 is 14.7 Å². The highest BCUT2D eigenvalue weighted by atomic mass is 16.4. The molecule has 1 aliphatic carbocycles. The summed E-state index contributed by atoms with van der Waals surface area (Å²) in [6.45, 7) is 0. The number of nitrogens with zero attached hydrogens (tertiary/aromatic N) is 1. The first-order valence-corrected chi connectivity index (χ1v) is 8.65. The number of carboxylic acids is 1. The van der Waals surface area contributed by atoms with Gasteiger partial charge in [-0.25, -0.2) is 0 Å². The summed E-state index contributed by atoms with van der Waals surface area (Å²) < 4.78 is 0. The van der Waals surface area contributed by atoms with Gasteiger partial charge in [-0.05, 0) is 54.7 Å². The molecule has 3 rings (SSSR count). The molecule has 25 heavy (non-hydrogen) atoms. The largest absolute Gasteiger partial charge is 0.481 e. The van der Waals surface area contributed by atoms with Gasteiger partial charge in [-0.15, -0.1) is 0 Å². The van der Waals surface area contributed by atoms with Crippen molar-refractivity contribution in [3.05, 3.63) is 59.9 Å². The van der Waals surface area contributed by atoms with Gasteiger partial charge < -0.3 is 10.4 Å². The maximum Gasteiger partial charge on any atom is 0.307 e. The molecule has 1 saturated carbocycles. The van der Waals surface area contributed by atoms with Gasteiger partial charge in [0.1, 0.15) is 0 Å². The number of aromatic nitrogens is 1. The van der Waals surface area contributed by atoms with E-state index < -0.39 is 17.8 Å². The molecular weight excluding hydrogens is 316 g/mol. The molecule has 2 N–H and O–H groups in total. The van der Waals surface area contributed by atoms with Gasteiger partial charge >= 0.3 is 5.97 Å². The minimum absolute atomic E-state index is 0.186. The molecule has 5 nitrogen and oxygen atoms in total. The topological polar surface area (TPSA) is 79.3 Å². The lowest BCUT2D eigenvalue weighted by Crippen LogP contribution is -2.36. The van der Waals surface area contributed by atoms with E-state index in [-0.39, 0.29) is 5.91 Å². The summed E-state index contributed by atoms with van der Waals surface area (Å²) in [5.74, 6) is -2.07. The number of carbonyl (C=O) groups is 2. The molecule has 1 heterocycles. The average Bonchev–Trinajstić information content (AvgIpc) is 2.64. The highest BCUT2D eigenvalue weighted by molar-refractivity contribution is 5.95. The fourth-order valence-electron chi connectivity index (χ4n) is 3.42. The van der Waals surface area contributed by atoms with E-state index in [4.69, 9.17) is 0 Å². The lowest BCUT2D eigenvalue weighted by molar-refractivity contribution is -0.147. The molecule has 2 atom stereocenters. The molecule has 1 aliphatic rings. The van der Waals surface area contributed by atoms with Gasteiger partial charge in [0.05, 0.1) is 11.8 Å². The highest BCUT2D eigenvalue weighted by Crippen LogP contribution is 2.31. The van der Waals surface area contributed by atoms with Crippen molar-refractivity contribution in [1.29, 1.82) is 0 Å². The number of aliphatic carboxylic acids is 1.